The molecule has 0 amide bonds. The molecule has 0 N–H and O–H groups in total. The summed E-state index contributed by atoms with van der Waals surface area (Å²) in [7, 11) is 0. The van der Waals surface area contributed by atoms with Gasteiger partial charge in [-0.3, -0.25) is 0 Å². The van der Waals surface area contributed by atoms with Crippen LogP contribution in [0.5, 0.6) is 0 Å². The molecule has 0 unspecified atom stereocenters. The lowest BCUT2D eigenvalue weighted by atomic mass is 9.87. The van der Waals surface area contributed by atoms with Crippen LogP contribution in [0.15, 0.2) is 0 Å². The zero-order chi connectivity index (χ0) is 7.94. The van der Waals surface area contributed by atoms with Crippen LogP contribution < -0.4 is 0 Å². The Morgan fingerprint density at radius 2 is 2.00 bits per heavy atom. The van der Waals surface area contributed by atoms with E-state index in [0.29, 0.717) is 6.61 Å². The normalized spacial score (nSPS) is 19.6. The second kappa shape index (κ2) is 5.16. The van der Waals surface area contributed by atoms with Gasteiger partial charge in [-0.2, -0.15) is 0 Å². The van der Waals surface area contributed by atoms with Crippen molar-refractivity contribution in [1.82, 2.24) is 0 Å². The molecule has 0 aromatic rings. The largest absolute Gasteiger partial charge is 0.457 e. The molecule has 11 heavy (non-hydrogen) atoms. The van der Waals surface area contributed by atoms with Crippen LogP contribution in [0.25, 0.3) is 0 Å². The highest BCUT2D eigenvalue weighted by molar-refractivity contribution is 5.37. The smallest absolute Gasteiger partial charge is 0.417 e. The van der Waals surface area contributed by atoms with E-state index >= 15 is 0 Å². The Bertz CT molecular complexity index is 106. The van der Waals surface area contributed by atoms with Crippen LogP contribution in [-0.4, -0.2) is 13.1 Å². The lowest BCUT2D eigenvalue weighted by Gasteiger charge is -2.20. The summed E-state index contributed by atoms with van der Waals surface area (Å²) in [6.45, 7) is 2.02. The SMILES string of the molecule is O=[C]OCCC1CCCCC1. The summed E-state index contributed by atoms with van der Waals surface area (Å²) in [4.78, 5) is 9.70. The van der Waals surface area contributed by atoms with Gasteiger partial charge < -0.3 is 4.74 Å². The molecule has 1 aliphatic rings. The minimum Gasteiger partial charge on any atom is -0.457 e. The summed E-state index contributed by atoms with van der Waals surface area (Å²) < 4.78 is 4.53. The highest BCUT2D eigenvalue weighted by atomic mass is 16.5. The van der Waals surface area contributed by atoms with Crippen LogP contribution in [0, 0.1) is 5.92 Å². The fourth-order valence-corrected chi connectivity index (χ4v) is 1.74. The predicted octanol–water partition coefficient (Wildman–Crippen LogP) is 2.04. The maximum atomic E-state index is 9.70. The first-order chi connectivity index (χ1) is 5.43. The van der Waals surface area contributed by atoms with E-state index in [2.05, 4.69) is 4.74 Å². The maximum Gasteiger partial charge on any atom is 0.417 e. The van der Waals surface area contributed by atoms with Crippen molar-refractivity contribution in [2.24, 2.45) is 5.92 Å². The maximum absolute atomic E-state index is 9.70. The van der Waals surface area contributed by atoms with Crippen LogP contribution in [0.3, 0.4) is 0 Å². The molecule has 2 nitrogen and oxygen atoms in total. The second-order valence-corrected chi connectivity index (χ2v) is 3.22. The third-order valence-corrected chi connectivity index (χ3v) is 2.41. The van der Waals surface area contributed by atoms with Crippen molar-refractivity contribution in [2.45, 2.75) is 38.5 Å². The Labute approximate surface area is 67.9 Å². The Kier molecular flexibility index (Phi) is 4.02. The fourth-order valence-electron chi connectivity index (χ4n) is 1.74. The molecule has 1 rings (SSSR count). The van der Waals surface area contributed by atoms with E-state index in [1.807, 2.05) is 0 Å². The van der Waals surface area contributed by atoms with Gasteiger partial charge in [-0.15, -0.1) is 0 Å². The molecule has 1 saturated carbocycles. The lowest BCUT2D eigenvalue weighted by molar-refractivity contribution is 0.226. The topological polar surface area (TPSA) is 26.3 Å². The fraction of sp³-hybridized carbons (Fsp3) is 0.889. The number of hydrogen-bond donors (Lipinski definition) is 0. The van der Waals surface area contributed by atoms with Gasteiger partial charge in [-0.25, -0.2) is 4.79 Å². The van der Waals surface area contributed by atoms with E-state index in [1.54, 1.807) is 0 Å². The Morgan fingerprint density at radius 3 is 2.64 bits per heavy atom. The molecule has 0 aromatic heterocycles. The van der Waals surface area contributed by atoms with Gasteiger partial charge in [0.25, 0.3) is 0 Å². The zero-order valence-corrected chi connectivity index (χ0v) is 6.84. The van der Waals surface area contributed by atoms with Crippen molar-refractivity contribution in [3.05, 3.63) is 0 Å². The number of hydrogen-bond acceptors (Lipinski definition) is 2. The minimum absolute atomic E-state index is 0.564. The molecule has 1 aliphatic carbocycles. The summed E-state index contributed by atoms with van der Waals surface area (Å²) in [5.41, 5.74) is 0. The third-order valence-electron chi connectivity index (χ3n) is 2.41. The van der Waals surface area contributed by atoms with Crippen LogP contribution in [0.2, 0.25) is 0 Å². The summed E-state index contributed by atoms with van der Waals surface area (Å²) in [5, 5.41) is 0. The molecule has 63 valence electrons. The van der Waals surface area contributed by atoms with Crippen molar-refractivity contribution < 1.29 is 9.53 Å². The molecule has 0 aliphatic heterocycles. The quantitative estimate of drug-likeness (QED) is 0.581. The van der Waals surface area contributed by atoms with Gasteiger partial charge in [0.1, 0.15) is 0 Å². The minimum atomic E-state index is 0.564. The average Bonchev–Trinajstić information content (AvgIpc) is 2.07. The van der Waals surface area contributed by atoms with Crippen molar-refractivity contribution in [2.75, 3.05) is 6.61 Å². The zero-order valence-electron chi connectivity index (χ0n) is 6.84. The molecule has 0 aromatic carbocycles. The van der Waals surface area contributed by atoms with Crippen molar-refractivity contribution in [3.63, 3.8) is 0 Å². The highest BCUT2D eigenvalue weighted by Crippen LogP contribution is 2.25. The van der Waals surface area contributed by atoms with E-state index in [0.717, 1.165) is 12.3 Å². The molecule has 2 heteroatoms. The Morgan fingerprint density at radius 1 is 1.27 bits per heavy atom. The summed E-state index contributed by atoms with van der Waals surface area (Å²) in [5.74, 6) is 0.803. The molecule has 0 bridgehead atoms. The molecule has 1 fully saturated rings. The standard InChI is InChI=1S/C9H15O2/c10-8-11-7-6-9-4-2-1-3-5-9/h9H,1-7H2. The van der Waals surface area contributed by atoms with Gasteiger partial charge in [0.15, 0.2) is 0 Å². The van der Waals surface area contributed by atoms with Gasteiger partial charge in [0, 0.05) is 0 Å². The van der Waals surface area contributed by atoms with Crippen molar-refractivity contribution in [1.29, 1.82) is 0 Å². The number of ether oxygens (including phenoxy) is 1. The molecule has 0 heterocycles. The van der Waals surface area contributed by atoms with Gasteiger partial charge in [-0.05, 0) is 12.3 Å². The van der Waals surface area contributed by atoms with Crippen LogP contribution >= 0.6 is 0 Å². The van der Waals surface area contributed by atoms with E-state index in [9.17, 15) is 4.79 Å². The Hall–Kier alpha value is -0.530. The first-order valence-electron chi connectivity index (χ1n) is 4.42. The average molecular weight is 155 g/mol. The van der Waals surface area contributed by atoms with Gasteiger partial charge >= 0.3 is 6.47 Å². The first-order valence-corrected chi connectivity index (χ1v) is 4.42. The van der Waals surface area contributed by atoms with Gasteiger partial charge in [0.2, 0.25) is 0 Å². The van der Waals surface area contributed by atoms with Crippen molar-refractivity contribution in [3.8, 4) is 0 Å². The van der Waals surface area contributed by atoms with E-state index < -0.39 is 0 Å². The second-order valence-electron chi connectivity index (χ2n) is 3.22. The van der Waals surface area contributed by atoms with E-state index in [-0.39, 0.29) is 0 Å². The monoisotopic (exact) mass is 155 g/mol. The summed E-state index contributed by atoms with van der Waals surface area (Å²) in [6.07, 6.45) is 7.78. The summed E-state index contributed by atoms with van der Waals surface area (Å²) >= 11 is 0. The van der Waals surface area contributed by atoms with Gasteiger partial charge in [0.05, 0.1) is 6.61 Å². The number of rotatable bonds is 4. The van der Waals surface area contributed by atoms with E-state index in [1.165, 1.54) is 38.6 Å². The molecule has 0 atom stereocenters. The summed E-state index contributed by atoms with van der Waals surface area (Å²) in [6, 6.07) is 0. The first kappa shape index (κ1) is 8.57. The molecular weight excluding hydrogens is 140 g/mol. The van der Waals surface area contributed by atoms with Gasteiger partial charge in [-0.1, -0.05) is 32.1 Å². The molecule has 1 radical (unpaired) electrons. The third kappa shape index (κ3) is 3.40. The Balaban J connectivity index is 2.00. The lowest BCUT2D eigenvalue weighted by Crippen LogP contribution is -2.08. The van der Waals surface area contributed by atoms with Crippen LogP contribution in [0.1, 0.15) is 38.5 Å². The van der Waals surface area contributed by atoms with Crippen molar-refractivity contribution >= 4 is 6.47 Å². The van der Waals surface area contributed by atoms with Crippen LogP contribution in [0.4, 0.5) is 0 Å². The molecule has 0 saturated heterocycles. The number of carbonyl (C=O) groups excluding carboxylic acids is 1. The predicted molar refractivity (Wildman–Crippen MR) is 42.8 cm³/mol. The highest BCUT2D eigenvalue weighted by Gasteiger charge is 2.12. The molecular formula is C9H15O2. The molecule has 0 spiro atoms. The van der Waals surface area contributed by atoms with E-state index in [4.69, 9.17) is 0 Å². The van der Waals surface area contributed by atoms with Crippen LogP contribution in [-0.2, 0) is 9.53 Å².